The molecule has 3 nitrogen and oxygen atoms in total. The third kappa shape index (κ3) is 2.41. The van der Waals surface area contributed by atoms with Crippen molar-refractivity contribution in [1.82, 2.24) is 0 Å². The van der Waals surface area contributed by atoms with Crippen LogP contribution in [0.25, 0.3) is 0 Å². The monoisotopic (exact) mass is 252 g/mol. The van der Waals surface area contributed by atoms with Crippen molar-refractivity contribution in [3.8, 4) is 0 Å². The fourth-order valence-electron chi connectivity index (χ4n) is 2.50. The maximum absolute atomic E-state index is 12.1. The highest BCUT2D eigenvalue weighted by atomic mass is 32.1. The number of aryl methyl sites for hydroxylation is 1. The molecule has 0 radical (unpaired) electrons. The topological polar surface area (TPSA) is 54.4 Å². The van der Waals surface area contributed by atoms with E-state index in [0.29, 0.717) is 17.7 Å². The van der Waals surface area contributed by atoms with Crippen molar-refractivity contribution in [2.24, 2.45) is 5.41 Å². The van der Waals surface area contributed by atoms with Crippen molar-refractivity contribution in [1.29, 1.82) is 0 Å². The molecule has 0 aliphatic heterocycles. The number of carboxylic acid groups (broad SMARTS) is 1. The molecule has 1 aromatic heterocycles. The van der Waals surface area contributed by atoms with Crippen LogP contribution in [0.4, 0.5) is 0 Å². The van der Waals surface area contributed by atoms with Gasteiger partial charge < -0.3 is 5.11 Å². The number of aliphatic carboxylic acids is 1. The molecule has 0 aromatic carbocycles. The number of hydrogen-bond donors (Lipinski definition) is 1. The number of ketones is 1. The van der Waals surface area contributed by atoms with E-state index in [1.54, 1.807) is 6.07 Å². The Bertz CT molecular complexity index is 441. The summed E-state index contributed by atoms with van der Waals surface area (Å²) in [7, 11) is 0. The highest BCUT2D eigenvalue weighted by molar-refractivity contribution is 7.14. The molecule has 92 valence electrons. The second-order valence-corrected chi connectivity index (χ2v) is 6.09. The first-order chi connectivity index (χ1) is 8.03. The van der Waals surface area contributed by atoms with Gasteiger partial charge in [-0.3, -0.25) is 9.59 Å². The largest absolute Gasteiger partial charge is 0.481 e. The molecular formula is C13H16O3S. The summed E-state index contributed by atoms with van der Waals surface area (Å²) in [6, 6.07) is 3.70. The third-order valence-corrected chi connectivity index (χ3v) is 4.57. The summed E-state index contributed by atoms with van der Waals surface area (Å²) in [6.45, 7) is 1.95. The number of rotatable bonds is 4. The number of carboxylic acids is 1. The van der Waals surface area contributed by atoms with Gasteiger partial charge in [0.25, 0.3) is 0 Å². The predicted molar refractivity (Wildman–Crippen MR) is 66.5 cm³/mol. The molecule has 0 bridgehead atoms. The summed E-state index contributed by atoms with van der Waals surface area (Å²) < 4.78 is 0. The van der Waals surface area contributed by atoms with Gasteiger partial charge in [0.05, 0.1) is 10.3 Å². The van der Waals surface area contributed by atoms with Gasteiger partial charge in [0.15, 0.2) is 5.78 Å². The maximum Gasteiger partial charge on any atom is 0.310 e. The summed E-state index contributed by atoms with van der Waals surface area (Å²) in [5.41, 5.74) is -0.797. The van der Waals surface area contributed by atoms with Crippen LogP contribution in [0, 0.1) is 12.3 Å². The minimum atomic E-state index is -0.809. The molecule has 0 unspecified atom stereocenters. The van der Waals surface area contributed by atoms with Gasteiger partial charge in [-0.15, -0.1) is 11.3 Å². The zero-order valence-corrected chi connectivity index (χ0v) is 10.7. The summed E-state index contributed by atoms with van der Waals surface area (Å²) in [5.74, 6) is -0.830. The number of Topliss-reactive ketones (excluding diaryl/α,β-unsaturated/α-hetero) is 1. The molecule has 17 heavy (non-hydrogen) atoms. The lowest BCUT2D eigenvalue weighted by molar-refractivity contribution is -0.148. The van der Waals surface area contributed by atoms with E-state index in [1.165, 1.54) is 11.3 Å². The number of thiophene rings is 1. The first-order valence-corrected chi connectivity index (χ1v) is 6.68. The smallest absolute Gasteiger partial charge is 0.310 e. The van der Waals surface area contributed by atoms with E-state index in [1.807, 2.05) is 13.0 Å². The van der Waals surface area contributed by atoms with E-state index in [0.717, 1.165) is 17.7 Å². The molecule has 1 fully saturated rings. The first kappa shape index (κ1) is 12.3. The Morgan fingerprint density at radius 3 is 2.47 bits per heavy atom. The fraction of sp³-hybridized carbons (Fsp3) is 0.538. The van der Waals surface area contributed by atoms with E-state index in [2.05, 4.69) is 0 Å². The molecule has 4 heteroatoms. The molecule has 1 N–H and O–H groups in total. The molecule has 1 aliphatic rings. The summed E-state index contributed by atoms with van der Waals surface area (Å²) in [6.07, 6.45) is 3.27. The van der Waals surface area contributed by atoms with Crippen molar-refractivity contribution < 1.29 is 14.7 Å². The average Bonchev–Trinajstić information content (AvgIpc) is 2.87. The Balaban J connectivity index is 2.14. The van der Waals surface area contributed by atoms with Gasteiger partial charge in [-0.25, -0.2) is 0 Å². The van der Waals surface area contributed by atoms with Crippen LogP contribution in [0.1, 0.15) is 46.7 Å². The molecule has 0 atom stereocenters. The summed E-state index contributed by atoms with van der Waals surface area (Å²) in [5, 5.41) is 9.32. The quantitative estimate of drug-likeness (QED) is 0.837. The van der Waals surface area contributed by atoms with Gasteiger partial charge in [0, 0.05) is 11.3 Å². The zero-order chi connectivity index (χ0) is 12.5. The summed E-state index contributed by atoms with van der Waals surface area (Å²) in [4.78, 5) is 25.2. The fourth-order valence-corrected chi connectivity index (χ4v) is 3.30. The van der Waals surface area contributed by atoms with Gasteiger partial charge >= 0.3 is 5.97 Å². The van der Waals surface area contributed by atoms with Crippen LogP contribution in [0.15, 0.2) is 12.1 Å². The Morgan fingerprint density at radius 1 is 1.35 bits per heavy atom. The second kappa shape index (κ2) is 4.61. The molecule has 0 spiro atoms. The van der Waals surface area contributed by atoms with E-state index in [9.17, 15) is 14.7 Å². The maximum atomic E-state index is 12.1. The van der Waals surface area contributed by atoms with Crippen LogP contribution >= 0.6 is 11.3 Å². The van der Waals surface area contributed by atoms with Gasteiger partial charge in [-0.1, -0.05) is 12.8 Å². The van der Waals surface area contributed by atoms with Crippen LogP contribution in [-0.4, -0.2) is 16.9 Å². The van der Waals surface area contributed by atoms with Gasteiger partial charge in [0.1, 0.15) is 0 Å². The van der Waals surface area contributed by atoms with Gasteiger partial charge in [-0.05, 0) is 31.9 Å². The lowest BCUT2D eigenvalue weighted by Crippen LogP contribution is -2.30. The zero-order valence-electron chi connectivity index (χ0n) is 9.86. The van der Waals surface area contributed by atoms with E-state index in [-0.39, 0.29) is 12.2 Å². The molecule has 1 heterocycles. The number of carbonyl (C=O) groups is 2. The molecular weight excluding hydrogens is 236 g/mol. The van der Waals surface area contributed by atoms with E-state index < -0.39 is 11.4 Å². The Morgan fingerprint density at radius 2 is 2.00 bits per heavy atom. The van der Waals surface area contributed by atoms with Crippen LogP contribution < -0.4 is 0 Å². The van der Waals surface area contributed by atoms with Crippen molar-refractivity contribution in [3.63, 3.8) is 0 Å². The third-order valence-electron chi connectivity index (χ3n) is 3.53. The second-order valence-electron chi connectivity index (χ2n) is 4.80. The van der Waals surface area contributed by atoms with Crippen molar-refractivity contribution in [2.45, 2.75) is 39.0 Å². The molecule has 2 rings (SSSR count). The minimum Gasteiger partial charge on any atom is -0.481 e. The van der Waals surface area contributed by atoms with Crippen LogP contribution in [-0.2, 0) is 4.79 Å². The van der Waals surface area contributed by atoms with Crippen molar-refractivity contribution in [2.75, 3.05) is 0 Å². The van der Waals surface area contributed by atoms with Crippen LogP contribution in [0.3, 0.4) is 0 Å². The Hall–Kier alpha value is -1.16. The van der Waals surface area contributed by atoms with Crippen molar-refractivity contribution in [3.05, 3.63) is 21.9 Å². The molecule has 1 aromatic rings. The number of carbonyl (C=O) groups excluding carboxylic acids is 1. The molecule has 1 aliphatic carbocycles. The Kier molecular flexibility index (Phi) is 3.33. The highest BCUT2D eigenvalue weighted by Crippen LogP contribution is 2.42. The predicted octanol–water partition coefficient (Wildman–Crippen LogP) is 3.27. The van der Waals surface area contributed by atoms with Crippen molar-refractivity contribution >= 4 is 23.1 Å². The lowest BCUT2D eigenvalue weighted by atomic mass is 9.81. The normalized spacial score (nSPS) is 18.2. The SMILES string of the molecule is Cc1ccc(C(=O)CC2(C(=O)O)CCCC2)s1. The van der Waals surface area contributed by atoms with Crippen LogP contribution in [0.2, 0.25) is 0 Å². The van der Waals surface area contributed by atoms with E-state index in [4.69, 9.17) is 0 Å². The van der Waals surface area contributed by atoms with Crippen LogP contribution in [0.5, 0.6) is 0 Å². The minimum absolute atomic E-state index is 0.0209. The average molecular weight is 252 g/mol. The van der Waals surface area contributed by atoms with E-state index >= 15 is 0 Å². The number of hydrogen-bond acceptors (Lipinski definition) is 3. The first-order valence-electron chi connectivity index (χ1n) is 5.87. The molecule has 0 amide bonds. The van der Waals surface area contributed by atoms with Gasteiger partial charge in [0.2, 0.25) is 0 Å². The molecule has 0 saturated heterocycles. The standard InChI is InChI=1S/C13H16O3S/c1-9-4-5-11(17-9)10(14)8-13(12(15)16)6-2-3-7-13/h4-5H,2-3,6-8H2,1H3,(H,15,16). The Labute approximate surface area is 104 Å². The lowest BCUT2D eigenvalue weighted by Gasteiger charge is -2.22. The van der Waals surface area contributed by atoms with Gasteiger partial charge in [-0.2, -0.15) is 0 Å². The summed E-state index contributed by atoms with van der Waals surface area (Å²) >= 11 is 1.45. The highest BCUT2D eigenvalue weighted by Gasteiger charge is 2.43. The molecule has 1 saturated carbocycles.